The summed E-state index contributed by atoms with van der Waals surface area (Å²) in [4.78, 5) is 19.4. The zero-order valence-corrected chi connectivity index (χ0v) is 17.0. The summed E-state index contributed by atoms with van der Waals surface area (Å²) in [6.45, 7) is 0. The summed E-state index contributed by atoms with van der Waals surface area (Å²) < 4.78 is 5.30. The summed E-state index contributed by atoms with van der Waals surface area (Å²) in [6.07, 6.45) is 1.91. The summed E-state index contributed by atoms with van der Waals surface area (Å²) >= 11 is 1.39. The van der Waals surface area contributed by atoms with Crippen molar-refractivity contribution in [3.8, 4) is 16.9 Å². The first-order chi connectivity index (χ1) is 14.1. The predicted octanol–water partition coefficient (Wildman–Crippen LogP) is 5.60. The molecule has 4 rings (SSSR count). The molecule has 0 bridgehead atoms. The number of carbonyl (C=O) groups is 1. The van der Waals surface area contributed by atoms with Crippen LogP contribution in [0, 0.1) is 0 Å². The maximum atomic E-state index is 12.6. The minimum absolute atomic E-state index is 0.0402. The zero-order valence-electron chi connectivity index (χ0n) is 16.2. The van der Waals surface area contributed by atoms with Gasteiger partial charge in [-0.05, 0) is 58.8 Å². The number of thioether (sulfide) groups is 1. The minimum atomic E-state index is -0.0402. The standard InChI is InChI=1S/C24H20N2O2S/c1-26-23(27)22(29-24(26)25-20-8-4-3-5-9-20)15-17-11-13-18(14-12-17)19-7-6-10-21(16-19)28-2/h3-16H,1-2H3. The molecule has 1 heterocycles. The molecule has 144 valence electrons. The molecular weight excluding hydrogens is 380 g/mol. The molecule has 1 aliphatic heterocycles. The lowest BCUT2D eigenvalue weighted by Gasteiger charge is -2.07. The molecule has 1 aliphatic rings. The van der Waals surface area contributed by atoms with Crippen molar-refractivity contribution in [2.75, 3.05) is 14.2 Å². The second-order valence-corrected chi connectivity index (χ2v) is 7.57. The fourth-order valence-corrected chi connectivity index (χ4v) is 3.98. The summed E-state index contributed by atoms with van der Waals surface area (Å²) in [7, 11) is 3.42. The van der Waals surface area contributed by atoms with Crippen LogP contribution in [0.25, 0.3) is 17.2 Å². The van der Waals surface area contributed by atoms with Crippen LogP contribution in [0.3, 0.4) is 0 Å². The Morgan fingerprint density at radius 3 is 2.41 bits per heavy atom. The quantitative estimate of drug-likeness (QED) is 0.536. The van der Waals surface area contributed by atoms with Crippen molar-refractivity contribution in [2.45, 2.75) is 0 Å². The molecule has 29 heavy (non-hydrogen) atoms. The fourth-order valence-electron chi connectivity index (χ4n) is 2.99. The highest BCUT2D eigenvalue weighted by Crippen LogP contribution is 2.33. The van der Waals surface area contributed by atoms with Gasteiger partial charge in [0.05, 0.1) is 17.7 Å². The lowest BCUT2D eigenvalue weighted by molar-refractivity contribution is -0.121. The Kier molecular flexibility index (Phi) is 5.49. The van der Waals surface area contributed by atoms with Gasteiger partial charge in [0.25, 0.3) is 5.91 Å². The maximum Gasteiger partial charge on any atom is 0.266 e. The van der Waals surface area contributed by atoms with E-state index in [9.17, 15) is 4.79 Å². The third-order valence-corrected chi connectivity index (χ3v) is 5.66. The number of hydrogen-bond donors (Lipinski definition) is 0. The highest BCUT2D eigenvalue weighted by molar-refractivity contribution is 8.18. The van der Waals surface area contributed by atoms with Crippen molar-refractivity contribution < 1.29 is 9.53 Å². The molecule has 0 N–H and O–H groups in total. The van der Waals surface area contributed by atoms with Gasteiger partial charge in [-0.2, -0.15) is 0 Å². The Morgan fingerprint density at radius 2 is 1.69 bits per heavy atom. The zero-order chi connectivity index (χ0) is 20.2. The second kappa shape index (κ2) is 8.37. The van der Waals surface area contributed by atoms with Gasteiger partial charge in [0, 0.05) is 7.05 Å². The number of hydrogen-bond acceptors (Lipinski definition) is 4. The monoisotopic (exact) mass is 400 g/mol. The van der Waals surface area contributed by atoms with Gasteiger partial charge in [-0.1, -0.05) is 54.6 Å². The Labute approximate surface area is 174 Å². The molecule has 0 saturated carbocycles. The minimum Gasteiger partial charge on any atom is -0.497 e. The molecule has 0 unspecified atom stereocenters. The van der Waals surface area contributed by atoms with Crippen LogP contribution >= 0.6 is 11.8 Å². The molecule has 0 atom stereocenters. The number of carbonyl (C=O) groups excluding carboxylic acids is 1. The van der Waals surface area contributed by atoms with Crippen LogP contribution in [0.5, 0.6) is 5.75 Å². The first kappa shape index (κ1) is 19.0. The summed E-state index contributed by atoms with van der Waals surface area (Å²) in [6, 6.07) is 25.7. The first-order valence-electron chi connectivity index (χ1n) is 9.20. The molecule has 3 aromatic carbocycles. The number of nitrogens with zero attached hydrogens (tertiary/aromatic N) is 2. The number of methoxy groups -OCH3 is 1. The number of likely N-dealkylation sites (N-methyl/N-ethyl adjacent to an activating group) is 1. The van der Waals surface area contributed by atoms with Gasteiger partial charge in [-0.15, -0.1) is 0 Å². The predicted molar refractivity (Wildman–Crippen MR) is 120 cm³/mol. The van der Waals surface area contributed by atoms with E-state index in [4.69, 9.17) is 4.74 Å². The highest BCUT2D eigenvalue weighted by atomic mass is 32.2. The molecule has 0 aromatic heterocycles. The van der Waals surface area contributed by atoms with E-state index in [0.29, 0.717) is 10.1 Å². The van der Waals surface area contributed by atoms with Crippen molar-refractivity contribution in [2.24, 2.45) is 4.99 Å². The van der Waals surface area contributed by atoms with Crippen molar-refractivity contribution in [1.82, 2.24) is 4.90 Å². The lowest BCUT2D eigenvalue weighted by Crippen LogP contribution is -2.23. The molecule has 0 radical (unpaired) electrons. The van der Waals surface area contributed by atoms with Crippen molar-refractivity contribution in [1.29, 1.82) is 0 Å². The average Bonchev–Trinajstić information content (AvgIpc) is 3.03. The van der Waals surface area contributed by atoms with Crippen LogP contribution < -0.4 is 4.74 Å². The lowest BCUT2D eigenvalue weighted by atomic mass is 10.0. The Morgan fingerprint density at radius 1 is 0.931 bits per heavy atom. The van der Waals surface area contributed by atoms with Gasteiger partial charge in [0.1, 0.15) is 5.75 Å². The number of ether oxygens (including phenoxy) is 1. The number of rotatable bonds is 4. The maximum absolute atomic E-state index is 12.6. The van der Waals surface area contributed by atoms with E-state index in [1.807, 2.05) is 84.9 Å². The second-order valence-electron chi connectivity index (χ2n) is 6.56. The smallest absolute Gasteiger partial charge is 0.266 e. The van der Waals surface area contributed by atoms with E-state index in [1.54, 1.807) is 19.1 Å². The van der Waals surface area contributed by atoms with Gasteiger partial charge in [-0.3, -0.25) is 9.69 Å². The topological polar surface area (TPSA) is 41.9 Å². The van der Waals surface area contributed by atoms with Crippen LogP contribution in [0.4, 0.5) is 5.69 Å². The van der Waals surface area contributed by atoms with E-state index in [2.05, 4.69) is 4.99 Å². The highest BCUT2D eigenvalue weighted by Gasteiger charge is 2.30. The summed E-state index contributed by atoms with van der Waals surface area (Å²) in [5, 5.41) is 0.681. The SMILES string of the molecule is COc1cccc(-c2ccc(C=C3SC(=Nc4ccccc4)N(C)C3=O)cc2)c1. The van der Waals surface area contributed by atoms with Gasteiger partial charge in [0.2, 0.25) is 0 Å². The van der Waals surface area contributed by atoms with E-state index >= 15 is 0 Å². The third-order valence-electron chi connectivity index (χ3n) is 4.60. The number of amides is 1. The van der Waals surface area contributed by atoms with E-state index in [0.717, 1.165) is 28.1 Å². The van der Waals surface area contributed by atoms with E-state index < -0.39 is 0 Å². The average molecular weight is 401 g/mol. The van der Waals surface area contributed by atoms with Crippen LogP contribution in [0.15, 0.2) is 88.8 Å². The molecule has 4 nitrogen and oxygen atoms in total. The van der Waals surface area contributed by atoms with Crippen LogP contribution in [0.1, 0.15) is 5.56 Å². The number of benzene rings is 3. The van der Waals surface area contributed by atoms with Crippen molar-refractivity contribution >= 4 is 34.6 Å². The molecule has 1 amide bonds. The number of amidine groups is 1. The van der Waals surface area contributed by atoms with Gasteiger partial charge < -0.3 is 4.74 Å². The molecule has 3 aromatic rings. The Balaban J connectivity index is 1.56. The largest absolute Gasteiger partial charge is 0.497 e. The van der Waals surface area contributed by atoms with Gasteiger partial charge in [-0.25, -0.2) is 4.99 Å². The normalized spacial score (nSPS) is 16.6. The number of para-hydroxylation sites is 1. The third kappa shape index (κ3) is 4.25. The Hall–Kier alpha value is -3.31. The first-order valence-corrected chi connectivity index (χ1v) is 10.0. The van der Waals surface area contributed by atoms with Crippen LogP contribution in [0.2, 0.25) is 0 Å². The molecule has 0 spiro atoms. The van der Waals surface area contributed by atoms with Crippen molar-refractivity contribution in [3.05, 3.63) is 89.3 Å². The van der Waals surface area contributed by atoms with E-state index in [1.165, 1.54) is 11.8 Å². The molecule has 5 heteroatoms. The van der Waals surface area contributed by atoms with Gasteiger partial charge >= 0.3 is 0 Å². The molecular formula is C24H20N2O2S. The molecule has 1 saturated heterocycles. The van der Waals surface area contributed by atoms with Crippen LogP contribution in [-0.2, 0) is 4.79 Å². The van der Waals surface area contributed by atoms with E-state index in [-0.39, 0.29) is 5.91 Å². The molecule has 0 aliphatic carbocycles. The summed E-state index contributed by atoms with van der Waals surface area (Å²) in [5.41, 5.74) is 3.99. The summed E-state index contributed by atoms with van der Waals surface area (Å²) in [5.74, 6) is 0.788. The van der Waals surface area contributed by atoms with Crippen LogP contribution in [-0.4, -0.2) is 30.1 Å². The van der Waals surface area contributed by atoms with Gasteiger partial charge in [0.15, 0.2) is 5.17 Å². The molecule has 1 fully saturated rings. The van der Waals surface area contributed by atoms with Crippen molar-refractivity contribution in [3.63, 3.8) is 0 Å². The fraction of sp³-hybridized carbons (Fsp3) is 0.0833. The Bertz CT molecular complexity index is 1090. The number of aliphatic imine (C=N–C) groups is 1.